The number of hydrogen-bond acceptors (Lipinski definition) is 4. The lowest BCUT2D eigenvalue weighted by Crippen LogP contribution is -2.25. The van der Waals surface area contributed by atoms with E-state index in [1.807, 2.05) is 51.1 Å². The van der Waals surface area contributed by atoms with Gasteiger partial charge >= 0.3 is 11.9 Å². The van der Waals surface area contributed by atoms with Crippen LogP contribution in [0, 0.1) is 0 Å². The number of rotatable bonds is 6. The smallest absolute Gasteiger partial charge is 0.320 e. The maximum atomic E-state index is 11.8. The molecule has 0 spiro atoms. The van der Waals surface area contributed by atoms with E-state index in [1.54, 1.807) is 0 Å². The lowest BCUT2D eigenvalue weighted by Gasteiger charge is -2.19. The third kappa shape index (κ3) is 7.85. The lowest BCUT2D eigenvalue weighted by molar-refractivity contribution is -0.155. The van der Waals surface area contributed by atoms with E-state index in [9.17, 15) is 9.59 Å². The minimum atomic E-state index is -0.507. The standard InChI is InChI=1S/C16H21BrO4/c1-16(2,3)21-14(18)10-9-13(17)15(19)20-11-12-7-5-4-6-8-12/h4-8,13H,9-11H2,1-3H3/t13-/m0/s1. The largest absolute Gasteiger partial charge is 0.460 e. The van der Waals surface area contributed by atoms with Gasteiger partial charge in [-0.2, -0.15) is 0 Å². The fraction of sp³-hybridized carbons (Fsp3) is 0.500. The van der Waals surface area contributed by atoms with Crippen LogP contribution in [0.4, 0.5) is 0 Å². The molecule has 0 saturated heterocycles. The van der Waals surface area contributed by atoms with Gasteiger partial charge in [-0.05, 0) is 32.8 Å². The van der Waals surface area contributed by atoms with E-state index in [0.717, 1.165) is 5.56 Å². The molecule has 0 fully saturated rings. The number of carbonyl (C=O) groups is 2. The summed E-state index contributed by atoms with van der Waals surface area (Å²) in [6, 6.07) is 9.45. The van der Waals surface area contributed by atoms with Crippen LogP contribution in [0.5, 0.6) is 0 Å². The molecule has 4 nitrogen and oxygen atoms in total. The maximum absolute atomic E-state index is 11.8. The summed E-state index contributed by atoms with van der Waals surface area (Å²) in [6.45, 7) is 5.66. The molecule has 0 aliphatic rings. The molecule has 0 unspecified atom stereocenters. The van der Waals surface area contributed by atoms with Crippen molar-refractivity contribution in [3.05, 3.63) is 35.9 Å². The Morgan fingerprint density at radius 3 is 2.38 bits per heavy atom. The van der Waals surface area contributed by atoms with E-state index in [0.29, 0.717) is 6.42 Å². The first kappa shape index (κ1) is 17.7. The Balaban J connectivity index is 2.30. The predicted molar refractivity (Wildman–Crippen MR) is 84.0 cm³/mol. The van der Waals surface area contributed by atoms with Crippen LogP contribution in [0.15, 0.2) is 30.3 Å². The van der Waals surface area contributed by atoms with Crippen LogP contribution in [-0.4, -0.2) is 22.4 Å². The first-order chi connectivity index (χ1) is 9.78. The third-order valence-corrected chi connectivity index (χ3v) is 3.33. The van der Waals surface area contributed by atoms with Gasteiger partial charge in [0.1, 0.15) is 17.0 Å². The van der Waals surface area contributed by atoms with Crippen molar-refractivity contribution in [3.63, 3.8) is 0 Å². The van der Waals surface area contributed by atoms with Gasteiger partial charge in [-0.3, -0.25) is 9.59 Å². The summed E-state index contributed by atoms with van der Waals surface area (Å²) in [7, 11) is 0. The molecule has 0 saturated carbocycles. The molecule has 21 heavy (non-hydrogen) atoms. The molecule has 0 aromatic heterocycles. The highest BCUT2D eigenvalue weighted by molar-refractivity contribution is 9.10. The van der Waals surface area contributed by atoms with E-state index in [-0.39, 0.29) is 25.0 Å². The van der Waals surface area contributed by atoms with Gasteiger partial charge in [0.25, 0.3) is 0 Å². The molecule has 1 atom stereocenters. The SMILES string of the molecule is CC(C)(C)OC(=O)CC[C@H](Br)C(=O)OCc1ccccc1. The van der Waals surface area contributed by atoms with Crippen molar-refractivity contribution in [2.24, 2.45) is 0 Å². The van der Waals surface area contributed by atoms with Gasteiger partial charge < -0.3 is 9.47 Å². The summed E-state index contributed by atoms with van der Waals surface area (Å²) in [4.78, 5) is 22.9. The average molecular weight is 357 g/mol. The summed E-state index contributed by atoms with van der Waals surface area (Å²) in [5.74, 6) is -0.690. The summed E-state index contributed by atoms with van der Waals surface area (Å²) in [5.41, 5.74) is 0.421. The molecule has 0 radical (unpaired) electrons. The maximum Gasteiger partial charge on any atom is 0.320 e. The molecule has 0 amide bonds. The number of carbonyl (C=O) groups excluding carboxylic acids is 2. The molecular weight excluding hydrogens is 336 g/mol. The molecule has 0 heterocycles. The van der Waals surface area contributed by atoms with Gasteiger partial charge in [0.15, 0.2) is 0 Å². The van der Waals surface area contributed by atoms with Crippen LogP contribution in [-0.2, 0) is 25.7 Å². The molecule has 1 rings (SSSR count). The van der Waals surface area contributed by atoms with Crippen LogP contribution in [0.2, 0.25) is 0 Å². The van der Waals surface area contributed by atoms with E-state index < -0.39 is 10.4 Å². The Labute approximate surface area is 133 Å². The molecule has 0 aliphatic heterocycles. The Bertz CT molecular complexity index is 465. The number of hydrogen-bond donors (Lipinski definition) is 0. The number of halogens is 1. The van der Waals surface area contributed by atoms with Gasteiger partial charge in [0.05, 0.1) is 0 Å². The first-order valence-electron chi connectivity index (χ1n) is 6.84. The molecular formula is C16H21BrO4. The fourth-order valence-corrected chi connectivity index (χ4v) is 1.94. The average Bonchev–Trinajstić information content (AvgIpc) is 2.41. The van der Waals surface area contributed by atoms with Crippen molar-refractivity contribution >= 4 is 27.9 Å². The van der Waals surface area contributed by atoms with Crippen LogP contribution >= 0.6 is 15.9 Å². The van der Waals surface area contributed by atoms with Crippen LogP contribution < -0.4 is 0 Å². The number of alkyl halides is 1. The Morgan fingerprint density at radius 1 is 1.19 bits per heavy atom. The molecule has 5 heteroatoms. The normalized spacial score (nSPS) is 12.6. The summed E-state index contributed by atoms with van der Waals surface area (Å²) in [5, 5.41) is 0. The van der Waals surface area contributed by atoms with E-state index in [2.05, 4.69) is 15.9 Å². The van der Waals surface area contributed by atoms with Crippen molar-refractivity contribution in [3.8, 4) is 0 Å². The van der Waals surface area contributed by atoms with Gasteiger partial charge in [0, 0.05) is 6.42 Å². The van der Waals surface area contributed by atoms with Crippen molar-refractivity contribution < 1.29 is 19.1 Å². The number of ether oxygens (including phenoxy) is 2. The molecule has 1 aromatic carbocycles. The first-order valence-corrected chi connectivity index (χ1v) is 7.76. The van der Waals surface area contributed by atoms with E-state index in [1.165, 1.54) is 0 Å². The highest BCUT2D eigenvalue weighted by atomic mass is 79.9. The topological polar surface area (TPSA) is 52.6 Å². The summed E-state index contributed by atoms with van der Waals surface area (Å²) >= 11 is 3.24. The van der Waals surface area contributed by atoms with E-state index in [4.69, 9.17) is 9.47 Å². The van der Waals surface area contributed by atoms with Crippen LogP contribution in [0.25, 0.3) is 0 Å². The minimum Gasteiger partial charge on any atom is -0.460 e. The second-order valence-electron chi connectivity index (χ2n) is 5.69. The van der Waals surface area contributed by atoms with Crippen LogP contribution in [0.3, 0.4) is 0 Å². The molecule has 116 valence electrons. The summed E-state index contributed by atoms with van der Waals surface area (Å²) in [6.07, 6.45) is 0.524. The monoisotopic (exact) mass is 356 g/mol. The zero-order valence-electron chi connectivity index (χ0n) is 12.6. The zero-order chi connectivity index (χ0) is 15.9. The highest BCUT2D eigenvalue weighted by Crippen LogP contribution is 2.15. The van der Waals surface area contributed by atoms with Crippen molar-refractivity contribution in [1.29, 1.82) is 0 Å². The second kappa shape index (κ2) is 8.17. The minimum absolute atomic E-state index is 0.174. The van der Waals surface area contributed by atoms with Gasteiger partial charge in [-0.25, -0.2) is 0 Å². The summed E-state index contributed by atoms with van der Waals surface area (Å²) < 4.78 is 10.4. The van der Waals surface area contributed by atoms with Gasteiger partial charge in [0.2, 0.25) is 0 Å². The van der Waals surface area contributed by atoms with Gasteiger partial charge in [-0.1, -0.05) is 46.3 Å². The highest BCUT2D eigenvalue weighted by Gasteiger charge is 2.21. The van der Waals surface area contributed by atoms with Crippen molar-refractivity contribution in [2.75, 3.05) is 0 Å². The number of benzene rings is 1. The lowest BCUT2D eigenvalue weighted by atomic mass is 10.2. The van der Waals surface area contributed by atoms with Crippen molar-refractivity contribution in [1.82, 2.24) is 0 Å². The number of esters is 2. The zero-order valence-corrected chi connectivity index (χ0v) is 14.2. The van der Waals surface area contributed by atoms with Gasteiger partial charge in [-0.15, -0.1) is 0 Å². The third-order valence-electron chi connectivity index (χ3n) is 2.50. The fourth-order valence-electron chi connectivity index (χ4n) is 1.57. The Morgan fingerprint density at radius 2 is 1.81 bits per heavy atom. The Kier molecular flexibility index (Phi) is 6.89. The van der Waals surface area contributed by atoms with E-state index >= 15 is 0 Å². The Hall–Kier alpha value is -1.36. The second-order valence-corrected chi connectivity index (χ2v) is 6.79. The quantitative estimate of drug-likeness (QED) is 0.577. The molecule has 1 aromatic rings. The molecule has 0 bridgehead atoms. The molecule has 0 N–H and O–H groups in total. The van der Waals surface area contributed by atoms with Crippen LogP contribution in [0.1, 0.15) is 39.2 Å². The van der Waals surface area contributed by atoms with Crippen molar-refractivity contribution in [2.45, 2.75) is 50.6 Å². The predicted octanol–water partition coefficient (Wildman–Crippen LogP) is 3.62. The molecule has 0 aliphatic carbocycles.